The lowest BCUT2D eigenvalue weighted by molar-refractivity contribution is 1.14. The van der Waals surface area contributed by atoms with Crippen molar-refractivity contribution in [3.05, 3.63) is 185 Å². The molecule has 0 aliphatic rings. The highest BCUT2D eigenvalue weighted by Crippen LogP contribution is 2.41. The van der Waals surface area contributed by atoms with Gasteiger partial charge in [-0.15, -0.1) is 0 Å². The maximum atomic E-state index is 10.2. The van der Waals surface area contributed by atoms with Crippen LogP contribution in [-0.4, -0.2) is 14.1 Å². The third-order valence-electron chi connectivity index (χ3n) is 11.9. The first-order chi connectivity index (χ1) is 28.2. The minimum absolute atomic E-state index is 0.588. The summed E-state index contributed by atoms with van der Waals surface area (Å²) in [6.45, 7) is 13.1. The highest BCUT2D eigenvalue weighted by atomic mass is 15.0. The molecular formula is C54H42N4. The first-order valence-electron chi connectivity index (χ1n) is 19.9. The van der Waals surface area contributed by atoms with Crippen molar-refractivity contribution in [2.24, 2.45) is 0 Å². The molecule has 0 saturated heterocycles. The number of fused-ring (bicyclic) bond motifs is 6. The Morgan fingerprint density at radius 3 is 1.52 bits per heavy atom. The fourth-order valence-electron chi connectivity index (χ4n) is 9.78. The molecule has 278 valence electrons. The number of aromatic nitrogens is 3. The van der Waals surface area contributed by atoms with Crippen LogP contribution in [0.15, 0.2) is 146 Å². The Morgan fingerprint density at radius 1 is 0.466 bits per heavy atom. The van der Waals surface area contributed by atoms with Crippen LogP contribution in [0, 0.1) is 52.9 Å². The molecule has 4 heteroatoms. The minimum Gasteiger partial charge on any atom is -0.309 e. The van der Waals surface area contributed by atoms with Crippen LogP contribution >= 0.6 is 0 Å². The fraction of sp³-hybridized carbons (Fsp3) is 0.111. The summed E-state index contributed by atoms with van der Waals surface area (Å²) < 4.78 is 4.69. The molecule has 0 fully saturated rings. The van der Waals surface area contributed by atoms with Crippen molar-refractivity contribution in [2.45, 2.75) is 41.5 Å². The lowest BCUT2D eigenvalue weighted by atomic mass is 9.93. The molecular weight excluding hydrogens is 705 g/mol. The van der Waals surface area contributed by atoms with Crippen LogP contribution in [0.1, 0.15) is 38.9 Å². The van der Waals surface area contributed by atoms with Gasteiger partial charge in [-0.3, -0.25) is 4.98 Å². The quantitative estimate of drug-likeness (QED) is 0.176. The van der Waals surface area contributed by atoms with Crippen molar-refractivity contribution >= 4 is 43.6 Å². The lowest BCUT2D eigenvalue weighted by Crippen LogP contribution is -2.00. The molecule has 7 aromatic carbocycles. The van der Waals surface area contributed by atoms with Crippen molar-refractivity contribution in [1.29, 1.82) is 5.26 Å². The zero-order valence-corrected chi connectivity index (χ0v) is 33.6. The molecule has 3 heterocycles. The molecule has 0 spiro atoms. The fourth-order valence-corrected chi connectivity index (χ4v) is 9.78. The molecule has 0 radical (unpaired) electrons. The van der Waals surface area contributed by atoms with Gasteiger partial charge < -0.3 is 9.13 Å². The standard InChI is InChI=1S/C54H42N4/c1-32-23-34(3)53(35(4)24-32)39-16-19-50-44(28-39)42-11-7-9-13-48(42)57(50)41-21-22-56-47(30-41)46-27-38(31-55)15-18-52(46)58-49-14-10-8-12-43(49)45-29-40(17-20-51(45)58)54-36(5)25-33(2)26-37(54)6/h7-30H,1-6H3. The smallest absolute Gasteiger partial charge is 0.0991 e. The largest absolute Gasteiger partial charge is 0.309 e. The van der Waals surface area contributed by atoms with E-state index in [1.807, 2.05) is 18.3 Å². The Hall–Kier alpha value is -7.22. The first-order valence-corrected chi connectivity index (χ1v) is 19.9. The van der Waals surface area contributed by atoms with Gasteiger partial charge in [-0.2, -0.15) is 5.26 Å². The summed E-state index contributed by atoms with van der Waals surface area (Å²) in [5, 5.41) is 15.0. The average molecular weight is 747 g/mol. The average Bonchev–Trinajstić information content (AvgIpc) is 3.72. The predicted octanol–water partition coefficient (Wildman–Crippen LogP) is 14.0. The van der Waals surface area contributed by atoms with E-state index in [-0.39, 0.29) is 0 Å². The zero-order valence-electron chi connectivity index (χ0n) is 33.6. The number of pyridine rings is 1. The Balaban J connectivity index is 1.17. The van der Waals surface area contributed by atoms with E-state index in [0.717, 1.165) is 44.7 Å². The number of para-hydroxylation sites is 2. The molecule has 10 aromatic rings. The van der Waals surface area contributed by atoms with E-state index in [1.54, 1.807) is 0 Å². The predicted molar refractivity (Wildman–Crippen MR) is 242 cm³/mol. The lowest BCUT2D eigenvalue weighted by Gasteiger charge is -2.16. The number of nitriles is 1. The van der Waals surface area contributed by atoms with E-state index >= 15 is 0 Å². The third kappa shape index (κ3) is 5.54. The number of benzene rings is 7. The SMILES string of the molecule is Cc1cc(C)c(-c2ccc3c(c2)c2ccccc2n3-c2ccnc(-c3cc(C#N)ccc3-n3c4ccccc4c4cc(-c5c(C)cc(C)cc5C)ccc43)c2)c(C)c1. The first kappa shape index (κ1) is 35.2. The van der Waals surface area contributed by atoms with E-state index in [9.17, 15) is 5.26 Å². The maximum absolute atomic E-state index is 10.2. The summed E-state index contributed by atoms with van der Waals surface area (Å²) in [4.78, 5) is 5.01. The second-order valence-corrected chi connectivity index (χ2v) is 16.0. The summed E-state index contributed by atoms with van der Waals surface area (Å²) in [6, 6.07) is 52.7. The molecule has 0 amide bonds. The van der Waals surface area contributed by atoms with Gasteiger partial charge in [-0.1, -0.05) is 83.9 Å². The normalized spacial score (nSPS) is 11.6. The van der Waals surface area contributed by atoms with Gasteiger partial charge >= 0.3 is 0 Å². The van der Waals surface area contributed by atoms with Gasteiger partial charge in [0.1, 0.15) is 0 Å². The molecule has 0 aliphatic carbocycles. The Morgan fingerprint density at radius 2 is 0.966 bits per heavy atom. The summed E-state index contributed by atoms with van der Waals surface area (Å²) >= 11 is 0. The van der Waals surface area contributed by atoms with E-state index in [1.165, 1.54) is 77.2 Å². The minimum atomic E-state index is 0.588. The van der Waals surface area contributed by atoms with Crippen molar-refractivity contribution in [1.82, 2.24) is 14.1 Å². The molecule has 0 atom stereocenters. The molecule has 4 nitrogen and oxygen atoms in total. The van der Waals surface area contributed by atoms with E-state index < -0.39 is 0 Å². The van der Waals surface area contributed by atoms with E-state index in [2.05, 4.69) is 184 Å². The number of rotatable bonds is 5. The highest BCUT2D eigenvalue weighted by Gasteiger charge is 2.20. The second kappa shape index (κ2) is 13.5. The number of hydrogen-bond donors (Lipinski definition) is 0. The van der Waals surface area contributed by atoms with Crippen LogP contribution in [0.3, 0.4) is 0 Å². The summed E-state index contributed by atoms with van der Waals surface area (Å²) in [6.07, 6.45) is 1.89. The molecule has 0 N–H and O–H groups in total. The zero-order chi connectivity index (χ0) is 39.8. The van der Waals surface area contributed by atoms with Gasteiger partial charge in [0.15, 0.2) is 0 Å². The summed E-state index contributed by atoms with van der Waals surface area (Å²) in [5.41, 5.74) is 21.4. The second-order valence-electron chi connectivity index (χ2n) is 16.0. The van der Waals surface area contributed by atoms with Gasteiger partial charge in [0.05, 0.1) is 45.1 Å². The highest BCUT2D eigenvalue weighted by molar-refractivity contribution is 6.12. The molecule has 0 unspecified atom stereocenters. The molecule has 0 bridgehead atoms. The monoisotopic (exact) mass is 746 g/mol. The molecule has 10 rings (SSSR count). The summed E-state index contributed by atoms with van der Waals surface area (Å²) in [7, 11) is 0. The maximum Gasteiger partial charge on any atom is 0.0991 e. The van der Waals surface area contributed by atoms with Crippen LogP contribution in [0.2, 0.25) is 0 Å². The third-order valence-corrected chi connectivity index (χ3v) is 11.9. The summed E-state index contributed by atoms with van der Waals surface area (Å²) in [5.74, 6) is 0. The van der Waals surface area contributed by atoms with Crippen LogP contribution in [0.4, 0.5) is 0 Å². The Bertz CT molecular complexity index is 3320. The van der Waals surface area contributed by atoms with Gasteiger partial charge in [0.2, 0.25) is 0 Å². The molecule has 0 aliphatic heterocycles. The van der Waals surface area contributed by atoms with E-state index in [0.29, 0.717) is 5.56 Å². The Kier molecular flexibility index (Phi) is 8.18. The van der Waals surface area contributed by atoms with Crippen LogP contribution in [0.25, 0.3) is 88.5 Å². The van der Waals surface area contributed by atoms with E-state index in [4.69, 9.17) is 4.98 Å². The molecule has 58 heavy (non-hydrogen) atoms. The van der Waals surface area contributed by atoms with Gasteiger partial charge in [-0.05, 0) is 153 Å². The van der Waals surface area contributed by atoms with Gasteiger partial charge in [0, 0.05) is 39.0 Å². The van der Waals surface area contributed by atoms with Crippen LogP contribution in [0.5, 0.6) is 0 Å². The Labute approximate surface area is 338 Å². The van der Waals surface area contributed by atoms with Crippen LogP contribution < -0.4 is 0 Å². The number of nitrogens with zero attached hydrogens (tertiary/aromatic N) is 4. The van der Waals surface area contributed by atoms with Gasteiger partial charge in [0.25, 0.3) is 0 Å². The molecule has 3 aromatic heterocycles. The van der Waals surface area contributed by atoms with Crippen molar-refractivity contribution in [3.63, 3.8) is 0 Å². The van der Waals surface area contributed by atoms with Crippen molar-refractivity contribution < 1.29 is 0 Å². The number of aryl methyl sites for hydroxylation is 6. The number of hydrogen-bond acceptors (Lipinski definition) is 2. The van der Waals surface area contributed by atoms with Crippen molar-refractivity contribution in [3.8, 4) is 51.0 Å². The van der Waals surface area contributed by atoms with Crippen molar-refractivity contribution in [2.75, 3.05) is 0 Å². The topological polar surface area (TPSA) is 46.5 Å². The van der Waals surface area contributed by atoms with Crippen LogP contribution in [-0.2, 0) is 0 Å². The molecule has 0 saturated carbocycles. The van der Waals surface area contributed by atoms with Gasteiger partial charge in [-0.25, -0.2) is 0 Å².